The van der Waals surface area contributed by atoms with Gasteiger partial charge in [-0.1, -0.05) is 37.3 Å². The van der Waals surface area contributed by atoms with Crippen molar-refractivity contribution in [1.29, 1.82) is 0 Å². The monoisotopic (exact) mass is 378 g/mol. The van der Waals surface area contributed by atoms with Crippen LogP contribution in [0, 0.1) is 16.0 Å². The largest absolute Gasteiger partial charge is 0.469 e. The van der Waals surface area contributed by atoms with Crippen molar-refractivity contribution in [3.63, 3.8) is 0 Å². The summed E-state index contributed by atoms with van der Waals surface area (Å²) in [5, 5.41) is 10.7. The van der Waals surface area contributed by atoms with Gasteiger partial charge in [-0.25, -0.2) is 13.1 Å². The van der Waals surface area contributed by atoms with Crippen LogP contribution < -0.4 is 4.72 Å². The van der Waals surface area contributed by atoms with Gasteiger partial charge in [0.2, 0.25) is 10.0 Å². The number of nitrogens with zero attached hydrogens (tertiary/aromatic N) is 1. The number of hydrogen-bond acceptors (Lipinski definition) is 6. The van der Waals surface area contributed by atoms with Gasteiger partial charge in [-0.3, -0.25) is 14.9 Å². The normalized spacial score (nSPS) is 13.6. The molecule has 0 aliphatic heterocycles. The molecule has 138 valence electrons. The molecule has 0 aliphatic carbocycles. The van der Waals surface area contributed by atoms with Gasteiger partial charge in [-0.05, 0) is 17.7 Å². The number of carbonyl (C=O) groups excluding carboxylic acids is 1. The molecule has 2 aromatic carbocycles. The van der Waals surface area contributed by atoms with Crippen LogP contribution in [0.4, 0.5) is 5.69 Å². The quantitative estimate of drug-likeness (QED) is 0.449. The van der Waals surface area contributed by atoms with E-state index in [0.29, 0.717) is 5.56 Å². The molecule has 0 unspecified atom stereocenters. The van der Waals surface area contributed by atoms with Gasteiger partial charge in [0.05, 0.1) is 28.9 Å². The first kappa shape index (κ1) is 19.5. The summed E-state index contributed by atoms with van der Waals surface area (Å²) in [6.07, 6.45) is 0. The third kappa shape index (κ3) is 4.44. The highest BCUT2D eigenvalue weighted by molar-refractivity contribution is 7.89. The second-order valence-corrected chi connectivity index (χ2v) is 7.29. The minimum atomic E-state index is -4.02. The van der Waals surface area contributed by atoms with Gasteiger partial charge in [-0.15, -0.1) is 0 Å². The highest BCUT2D eigenvalue weighted by Gasteiger charge is 2.31. The number of methoxy groups -OCH3 is 1. The Bertz CT molecular complexity index is 881. The third-order valence-corrected chi connectivity index (χ3v) is 5.33. The summed E-state index contributed by atoms with van der Waals surface area (Å²) in [6.45, 7) is 1.56. The van der Waals surface area contributed by atoms with Crippen molar-refractivity contribution in [2.75, 3.05) is 7.11 Å². The molecule has 9 heteroatoms. The molecular formula is C17H18N2O6S. The van der Waals surface area contributed by atoms with Gasteiger partial charge in [0.25, 0.3) is 5.69 Å². The minimum Gasteiger partial charge on any atom is -0.469 e. The van der Waals surface area contributed by atoms with Crippen molar-refractivity contribution in [2.24, 2.45) is 5.92 Å². The number of nitrogens with one attached hydrogen (secondary N) is 1. The number of carbonyl (C=O) groups is 1. The standard InChI is InChI=1S/C17H18N2O6S/c1-12(17(20)25-2)16(13-6-4-3-5-7-13)18-26(23,24)15-10-8-14(9-11-15)19(21)22/h3-12,16,18H,1-2H3/t12-,16-/m1/s1. The van der Waals surface area contributed by atoms with E-state index in [-0.39, 0.29) is 10.6 Å². The van der Waals surface area contributed by atoms with Crippen LogP contribution in [-0.4, -0.2) is 26.4 Å². The van der Waals surface area contributed by atoms with Crippen LogP contribution in [0.1, 0.15) is 18.5 Å². The van der Waals surface area contributed by atoms with Crippen molar-refractivity contribution >= 4 is 21.7 Å². The Kier molecular flexibility index (Phi) is 6.06. The van der Waals surface area contributed by atoms with Crippen LogP contribution in [0.25, 0.3) is 0 Å². The van der Waals surface area contributed by atoms with Crippen molar-refractivity contribution < 1.29 is 22.9 Å². The maximum Gasteiger partial charge on any atom is 0.310 e. The molecule has 0 radical (unpaired) electrons. The van der Waals surface area contributed by atoms with Gasteiger partial charge in [0.1, 0.15) is 0 Å². The number of sulfonamides is 1. The molecule has 2 atom stereocenters. The minimum absolute atomic E-state index is 0.138. The number of esters is 1. The lowest BCUT2D eigenvalue weighted by atomic mass is 9.95. The Morgan fingerprint density at radius 2 is 1.69 bits per heavy atom. The van der Waals surface area contributed by atoms with Crippen molar-refractivity contribution in [2.45, 2.75) is 17.9 Å². The molecule has 0 bridgehead atoms. The number of rotatable bonds is 7. The molecule has 8 nitrogen and oxygen atoms in total. The molecule has 1 N–H and O–H groups in total. The SMILES string of the molecule is COC(=O)[C@H](C)[C@@H](NS(=O)(=O)c1ccc([N+](=O)[O-])cc1)c1ccccc1. The second-order valence-electron chi connectivity index (χ2n) is 5.57. The van der Waals surface area contributed by atoms with Crippen LogP contribution in [0.3, 0.4) is 0 Å². The zero-order valence-electron chi connectivity index (χ0n) is 14.2. The zero-order chi connectivity index (χ0) is 19.3. The van der Waals surface area contributed by atoms with E-state index in [0.717, 1.165) is 24.3 Å². The fraction of sp³-hybridized carbons (Fsp3) is 0.235. The molecule has 2 aromatic rings. The first-order chi connectivity index (χ1) is 12.3. The summed E-state index contributed by atoms with van der Waals surface area (Å²) < 4.78 is 32.6. The summed E-state index contributed by atoms with van der Waals surface area (Å²) in [4.78, 5) is 21.9. The first-order valence-corrected chi connectivity index (χ1v) is 9.14. The molecule has 0 aliphatic rings. The fourth-order valence-corrected chi connectivity index (χ4v) is 3.73. The number of non-ortho nitro benzene ring substituents is 1. The number of benzene rings is 2. The van der Waals surface area contributed by atoms with Crippen molar-refractivity contribution in [3.8, 4) is 0 Å². The molecule has 0 aromatic heterocycles. The number of nitro benzene ring substituents is 1. The first-order valence-electron chi connectivity index (χ1n) is 7.66. The Morgan fingerprint density at radius 1 is 1.12 bits per heavy atom. The van der Waals surface area contributed by atoms with Crippen LogP contribution in [0.5, 0.6) is 0 Å². The molecule has 0 spiro atoms. The van der Waals surface area contributed by atoms with Crippen LogP contribution in [-0.2, 0) is 19.6 Å². The van der Waals surface area contributed by atoms with Gasteiger partial charge >= 0.3 is 5.97 Å². The predicted octanol–water partition coefficient (Wildman–Crippen LogP) is 2.42. The van der Waals surface area contributed by atoms with E-state index in [9.17, 15) is 23.3 Å². The van der Waals surface area contributed by atoms with Gasteiger partial charge < -0.3 is 4.74 Å². The molecule has 0 saturated heterocycles. The number of nitro groups is 1. The predicted molar refractivity (Wildman–Crippen MR) is 93.8 cm³/mol. The number of ether oxygens (including phenoxy) is 1. The third-order valence-electron chi connectivity index (χ3n) is 3.87. The second kappa shape index (κ2) is 8.07. The lowest BCUT2D eigenvalue weighted by Crippen LogP contribution is -2.36. The van der Waals surface area contributed by atoms with Crippen LogP contribution in [0.2, 0.25) is 0 Å². The smallest absolute Gasteiger partial charge is 0.310 e. The fourth-order valence-electron chi connectivity index (χ4n) is 2.42. The Morgan fingerprint density at radius 3 is 2.19 bits per heavy atom. The topological polar surface area (TPSA) is 116 Å². The average molecular weight is 378 g/mol. The summed E-state index contributed by atoms with van der Waals surface area (Å²) in [6, 6.07) is 12.3. The van der Waals surface area contributed by atoms with Gasteiger partial charge in [-0.2, -0.15) is 0 Å². The molecule has 0 saturated carbocycles. The highest BCUT2D eigenvalue weighted by Crippen LogP contribution is 2.26. The van der Waals surface area contributed by atoms with E-state index in [1.807, 2.05) is 0 Å². The van der Waals surface area contributed by atoms with E-state index in [1.54, 1.807) is 37.3 Å². The molecule has 0 amide bonds. The Labute approximate surface area is 151 Å². The molecular weight excluding hydrogens is 360 g/mol. The highest BCUT2D eigenvalue weighted by atomic mass is 32.2. The van der Waals surface area contributed by atoms with E-state index < -0.39 is 32.9 Å². The molecule has 26 heavy (non-hydrogen) atoms. The summed E-state index contributed by atoms with van der Waals surface area (Å²) in [5.41, 5.74) is 0.377. The van der Waals surface area contributed by atoms with Crippen LogP contribution >= 0.6 is 0 Å². The maximum absolute atomic E-state index is 12.7. The lowest BCUT2D eigenvalue weighted by Gasteiger charge is -2.23. The molecule has 2 rings (SSSR count). The van der Waals surface area contributed by atoms with E-state index in [4.69, 9.17) is 4.74 Å². The zero-order valence-corrected chi connectivity index (χ0v) is 15.0. The van der Waals surface area contributed by atoms with E-state index >= 15 is 0 Å². The number of hydrogen-bond donors (Lipinski definition) is 1. The maximum atomic E-state index is 12.7. The van der Waals surface area contributed by atoms with E-state index in [1.165, 1.54) is 7.11 Å². The van der Waals surface area contributed by atoms with Crippen molar-refractivity contribution in [3.05, 3.63) is 70.3 Å². The van der Waals surface area contributed by atoms with E-state index in [2.05, 4.69) is 4.72 Å². The summed E-state index contributed by atoms with van der Waals surface area (Å²) in [5.74, 6) is -1.35. The van der Waals surface area contributed by atoms with Gasteiger partial charge in [0, 0.05) is 12.1 Å². The molecule has 0 fully saturated rings. The lowest BCUT2D eigenvalue weighted by molar-refractivity contribution is -0.384. The molecule has 0 heterocycles. The Balaban J connectivity index is 2.37. The summed E-state index contributed by atoms with van der Waals surface area (Å²) in [7, 11) is -2.79. The summed E-state index contributed by atoms with van der Waals surface area (Å²) >= 11 is 0. The average Bonchev–Trinajstić information content (AvgIpc) is 2.65. The van der Waals surface area contributed by atoms with Gasteiger partial charge in [0.15, 0.2) is 0 Å². The van der Waals surface area contributed by atoms with Crippen molar-refractivity contribution in [1.82, 2.24) is 4.72 Å². The van der Waals surface area contributed by atoms with Crippen LogP contribution in [0.15, 0.2) is 59.5 Å². The Hall–Kier alpha value is -2.78.